The lowest BCUT2D eigenvalue weighted by Gasteiger charge is -2.22. The first-order valence-electron chi connectivity index (χ1n) is 10.5. The van der Waals surface area contributed by atoms with Gasteiger partial charge >= 0.3 is 12.1 Å². The van der Waals surface area contributed by atoms with Crippen LogP contribution in [-0.2, 0) is 12.7 Å². The minimum atomic E-state index is -4.89. The highest BCUT2D eigenvalue weighted by atomic mass is 19.4. The highest BCUT2D eigenvalue weighted by Gasteiger charge is 2.37. The van der Waals surface area contributed by atoms with Crippen molar-refractivity contribution < 1.29 is 32.5 Å². The summed E-state index contributed by atoms with van der Waals surface area (Å²) in [6.45, 7) is 0.997. The van der Waals surface area contributed by atoms with Crippen molar-refractivity contribution in [3.63, 3.8) is 0 Å². The smallest absolute Gasteiger partial charge is 0.417 e. The van der Waals surface area contributed by atoms with Crippen LogP contribution in [0.5, 0.6) is 11.5 Å². The van der Waals surface area contributed by atoms with Crippen LogP contribution in [0.3, 0.4) is 0 Å². The topological polar surface area (TPSA) is 93.9 Å². The second-order valence-electron chi connectivity index (χ2n) is 7.90. The predicted octanol–water partition coefficient (Wildman–Crippen LogP) is 3.78. The number of fused-ring (bicyclic) bond motifs is 1. The van der Waals surface area contributed by atoms with E-state index in [1.165, 1.54) is 18.8 Å². The van der Waals surface area contributed by atoms with Crippen molar-refractivity contribution in [2.45, 2.75) is 25.6 Å². The van der Waals surface area contributed by atoms with Crippen LogP contribution in [0, 0.1) is 0 Å². The van der Waals surface area contributed by atoms with E-state index in [1.807, 2.05) is 0 Å². The summed E-state index contributed by atoms with van der Waals surface area (Å²) in [4.78, 5) is 30.8. The van der Waals surface area contributed by atoms with Gasteiger partial charge in [-0.1, -0.05) is 0 Å². The van der Waals surface area contributed by atoms with Crippen molar-refractivity contribution in [3.05, 3.63) is 57.4 Å². The van der Waals surface area contributed by atoms with Crippen LogP contribution in [0.2, 0.25) is 0 Å². The Morgan fingerprint density at radius 2 is 1.85 bits per heavy atom. The molecule has 1 aromatic carbocycles. The van der Waals surface area contributed by atoms with E-state index >= 15 is 0 Å². The van der Waals surface area contributed by atoms with E-state index in [9.17, 15) is 27.9 Å². The Balaban J connectivity index is 2.02. The molecule has 34 heavy (non-hydrogen) atoms. The van der Waals surface area contributed by atoms with Gasteiger partial charge in [0.25, 0.3) is 0 Å². The minimum absolute atomic E-state index is 0.0853. The zero-order chi connectivity index (χ0) is 24.6. The Morgan fingerprint density at radius 3 is 2.44 bits per heavy atom. The summed E-state index contributed by atoms with van der Waals surface area (Å²) in [5.74, 6) is -0.644. The van der Waals surface area contributed by atoms with E-state index in [4.69, 9.17) is 9.47 Å². The van der Waals surface area contributed by atoms with Crippen LogP contribution < -0.4 is 19.8 Å². The van der Waals surface area contributed by atoms with Crippen molar-refractivity contribution in [1.82, 2.24) is 9.55 Å². The number of rotatable bonds is 6. The fourth-order valence-corrected chi connectivity index (χ4v) is 4.13. The molecule has 0 atom stereocenters. The number of carboxylic acid groups (broad SMARTS) is 1. The molecule has 0 unspecified atom stereocenters. The number of benzene rings is 1. The van der Waals surface area contributed by atoms with Gasteiger partial charge in [-0.25, -0.2) is 9.78 Å². The maximum absolute atomic E-state index is 14.1. The normalized spacial score (nSPS) is 14.0. The molecule has 3 heterocycles. The maximum Gasteiger partial charge on any atom is 0.417 e. The molecule has 1 N–H and O–H groups in total. The number of aromatic carboxylic acids is 1. The molecule has 1 fully saturated rings. The SMILES string of the molecule is COc1ccc(Cn2cc(C(=O)O)c(=O)c3c(C(F)(F)F)cc(N4CCCC4)nc32)c(OC)c1. The number of aromatic nitrogens is 2. The Kier molecular flexibility index (Phi) is 6.11. The average Bonchev–Trinajstić information content (AvgIpc) is 3.34. The number of methoxy groups -OCH3 is 2. The van der Waals surface area contributed by atoms with Crippen LogP contribution in [0.1, 0.15) is 34.3 Å². The van der Waals surface area contributed by atoms with Crippen molar-refractivity contribution in [1.29, 1.82) is 0 Å². The molecule has 2 aromatic heterocycles. The molecule has 1 aliphatic heterocycles. The molecule has 8 nitrogen and oxygen atoms in total. The molecule has 0 aliphatic carbocycles. The zero-order valence-corrected chi connectivity index (χ0v) is 18.5. The number of carbonyl (C=O) groups is 1. The Hall–Kier alpha value is -3.76. The van der Waals surface area contributed by atoms with E-state index < -0.39 is 34.1 Å². The number of alkyl halides is 3. The molecule has 1 saturated heterocycles. The van der Waals surface area contributed by atoms with E-state index in [2.05, 4.69) is 4.98 Å². The third-order valence-corrected chi connectivity index (χ3v) is 5.82. The fraction of sp³-hybridized carbons (Fsp3) is 0.348. The monoisotopic (exact) mass is 477 g/mol. The summed E-state index contributed by atoms with van der Waals surface area (Å²) < 4.78 is 54.0. The number of pyridine rings is 2. The molecule has 0 amide bonds. The number of nitrogens with zero attached hydrogens (tertiary/aromatic N) is 3. The van der Waals surface area contributed by atoms with E-state index in [-0.39, 0.29) is 18.0 Å². The number of anilines is 1. The van der Waals surface area contributed by atoms with Crippen LogP contribution in [-0.4, -0.2) is 47.9 Å². The number of halogens is 3. The number of ether oxygens (including phenoxy) is 2. The first-order chi connectivity index (χ1) is 16.1. The average molecular weight is 477 g/mol. The van der Waals surface area contributed by atoms with Crippen molar-refractivity contribution >= 4 is 22.8 Å². The van der Waals surface area contributed by atoms with E-state index in [0.717, 1.165) is 25.1 Å². The molecule has 1 aliphatic rings. The highest BCUT2D eigenvalue weighted by Crippen LogP contribution is 2.36. The zero-order valence-electron chi connectivity index (χ0n) is 18.5. The summed E-state index contributed by atoms with van der Waals surface area (Å²) in [6.07, 6.45) is -2.23. The summed E-state index contributed by atoms with van der Waals surface area (Å²) in [7, 11) is 2.90. The lowest BCUT2D eigenvalue weighted by molar-refractivity contribution is -0.136. The molecule has 4 rings (SSSR count). The molecule has 11 heteroatoms. The highest BCUT2D eigenvalue weighted by molar-refractivity contribution is 5.93. The maximum atomic E-state index is 14.1. The molecule has 0 bridgehead atoms. The van der Waals surface area contributed by atoms with Crippen LogP contribution in [0.25, 0.3) is 11.0 Å². The van der Waals surface area contributed by atoms with Gasteiger partial charge in [0.2, 0.25) is 5.43 Å². The molecule has 0 spiro atoms. The van der Waals surface area contributed by atoms with Gasteiger partial charge < -0.3 is 24.0 Å². The predicted molar refractivity (Wildman–Crippen MR) is 118 cm³/mol. The third kappa shape index (κ3) is 4.25. The van der Waals surface area contributed by atoms with Gasteiger partial charge in [0.05, 0.1) is 31.7 Å². The summed E-state index contributed by atoms with van der Waals surface area (Å²) >= 11 is 0. The van der Waals surface area contributed by atoms with Gasteiger partial charge in [0.15, 0.2) is 0 Å². The Bertz CT molecular complexity index is 1310. The second-order valence-corrected chi connectivity index (χ2v) is 7.90. The largest absolute Gasteiger partial charge is 0.497 e. The Labute approximate surface area is 192 Å². The van der Waals surface area contributed by atoms with Gasteiger partial charge in [-0.15, -0.1) is 0 Å². The third-order valence-electron chi connectivity index (χ3n) is 5.82. The lowest BCUT2D eigenvalue weighted by Crippen LogP contribution is -2.26. The number of carboxylic acids is 1. The summed E-state index contributed by atoms with van der Waals surface area (Å²) in [5.41, 5.74) is -2.92. The first-order valence-corrected chi connectivity index (χ1v) is 10.5. The van der Waals surface area contributed by atoms with Gasteiger partial charge in [-0.2, -0.15) is 13.2 Å². The molecule has 180 valence electrons. The van der Waals surface area contributed by atoms with Gasteiger partial charge in [0.1, 0.15) is 28.5 Å². The number of hydrogen-bond donors (Lipinski definition) is 1. The Morgan fingerprint density at radius 1 is 1.15 bits per heavy atom. The number of hydrogen-bond acceptors (Lipinski definition) is 6. The molecular weight excluding hydrogens is 455 g/mol. The fourth-order valence-electron chi connectivity index (χ4n) is 4.13. The second kappa shape index (κ2) is 8.88. The molecular formula is C23H22F3N3O5. The van der Waals surface area contributed by atoms with Crippen molar-refractivity contribution in [2.24, 2.45) is 0 Å². The van der Waals surface area contributed by atoms with Crippen molar-refractivity contribution in [2.75, 3.05) is 32.2 Å². The van der Waals surface area contributed by atoms with Crippen LogP contribution in [0.4, 0.5) is 19.0 Å². The van der Waals surface area contributed by atoms with Crippen LogP contribution in [0.15, 0.2) is 35.3 Å². The summed E-state index contributed by atoms with van der Waals surface area (Å²) in [6, 6.07) is 5.73. The molecule has 0 saturated carbocycles. The standard InChI is InChI=1S/C23H22F3N3O5/c1-33-14-6-5-13(17(9-14)34-2)11-29-12-15(22(31)32)20(30)19-16(23(24,25)26)10-18(27-21(19)29)28-7-3-4-8-28/h5-6,9-10,12H,3-4,7-8,11H2,1-2H3,(H,31,32). The van der Waals surface area contributed by atoms with E-state index in [1.54, 1.807) is 23.1 Å². The molecule has 0 radical (unpaired) electrons. The molecule has 3 aromatic rings. The quantitative estimate of drug-likeness (QED) is 0.578. The van der Waals surface area contributed by atoms with Gasteiger partial charge in [-0.3, -0.25) is 4.79 Å². The summed E-state index contributed by atoms with van der Waals surface area (Å²) in [5, 5.41) is 8.77. The van der Waals surface area contributed by atoms with E-state index in [0.29, 0.717) is 30.2 Å². The van der Waals surface area contributed by atoms with Gasteiger partial charge in [-0.05, 0) is 31.0 Å². The van der Waals surface area contributed by atoms with Crippen molar-refractivity contribution in [3.8, 4) is 11.5 Å². The minimum Gasteiger partial charge on any atom is -0.497 e. The first kappa shape index (κ1) is 23.4. The van der Waals surface area contributed by atoms with Crippen LogP contribution >= 0.6 is 0 Å². The van der Waals surface area contributed by atoms with Gasteiger partial charge in [0, 0.05) is 30.9 Å². The lowest BCUT2D eigenvalue weighted by atomic mass is 10.1.